The minimum Gasteiger partial charge on any atom is -0.368 e. The van der Waals surface area contributed by atoms with Gasteiger partial charge in [0.05, 0.1) is 0 Å². The summed E-state index contributed by atoms with van der Waals surface area (Å²) in [6, 6.07) is 18.8. The van der Waals surface area contributed by atoms with E-state index in [0.717, 1.165) is 32.7 Å². The first-order chi connectivity index (χ1) is 14.6. The Morgan fingerprint density at radius 3 is 1.93 bits per heavy atom. The highest BCUT2D eigenvalue weighted by Gasteiger charge is 2.31. The fourth-order valence-electron chi connectivity index (χ4n) is 4.21. The lowest BCUT2D eigenvalue weighted by Gasteiger charge is -2.38. The van der Waals surface area contributed by atoms with Crippen LogP contribution in [0.2, 0.25) is 0 Å². The first-order valence-electron chi connectivity index (χ1n) is 10.8. The summed E-state index contributed by atoms with van der Waals surface area (Å²) in [5.74, 6) is -0.700. The van der Waals surface area contributed by atoms with Gasteiger partial charge in [0.25, 0.3) is 0 Å². The number of carbonyl (C=O) groups is 2. The summed E-state index contributed by atoms with van der Waals surface area (Å²) in [5, 5.41) is 0. The molecule has 0 bridgehead atoms. The molecule has 158 valence electrons. The van der Waals surface area contributed by atoms with E-state index in [4.69, 9.17) is 0 Å². The molecule has 2 aromatic rings. The number of hydrogen-bond donors (Lipinski definition) is 0. The van der Waals surface area contributed by atoms with Gasteiger partial charge < -0.3 is 14.7 Å². The van der Waals surface area contributed by atoms with Crippen LogP contribution >= 0.6 is 0 Å². The van der Waals surface area contributed by atoms with Crippen LogP contribution in [0, 0.1) is 6.92 Å². The second-order valence-electron chi connectivity index (χ2n) is 8.17. The molecule has 30 heavy (non-hydrogen) atoms. The molecule has 2 saturated heterocycles. The Kier molecular flexibility index (Phi) is 6.33. The van der Waals surface area contributed by atoms with Crippen LogP contribution in [-0.2, 0) is 16.1 Å². The number of nitrogens with zero attached hydrogens (tertiary/aromatic N) is 4. The van der Waals surface area contributed by atoms with E-state index in [0.29, 0.717) is 26.2 Å². The van der Waals surface area contributed by atoms with E-state index in [1.807, 2.05) is 18.2 Å². The Morgan fingerprint density at radius 1 is 0.733 bits per heavy atom. The third-order valence-electron chi connectivity index (χ3n) is 6.03. The SMILES string of the molecule is Cc1cccc(N2CCN(C(=O)C(=O)N3CCN(Cc4ccccc4)CC3)CC2)c1. The highest BCUT2D eigenvalue weighted by Crippen LogP contribution is 2.18. The first kappa shape index (κ1) is 20.4. The van der Waals surface area contributed by atoms with Crippen LogP contribution in [-0.4, -0.2) is 78.9 Å². The largest absolute Gasteiger partial charge is 0.368 e. The zero-order chi connectivity index (χ0) is 20.9. The van der Waals surface area contributed by atoms with Crippen molar-refractivity contribution in [2.45, 2.75) is 13.5 Å². The molecule has 0 atom stereocenters. The Morgan fingerprint density at radius 2 is 1.33 bits per heavy atom. The van der Waals surface area contributed by atoms with Gasteiger partial charge in [0.1, 0.15) is 0 Å². The molecule has 2 aliphatic rings. The van der Waals surface area contributed by atoms with Gasteiger partial charge in [-0.2, -0.15) is 0 Å². The number of anilines is 1. The number of carbonyl (C=O) groups excluding carboxylic acids is 2. The zero-order valence-corrected chi connectivity index (χ0v) is 17.7. The topological polar surface area (TPSA) is 47.1 Å². The van der Waals surface area contributed by atoms with Crippen molar-refractivity contribution in [3.8, 4) is 0 Å². The van der Waals surface area contributed by atoms with Crippen LogP contribution in [0.4, 0.5) is 5.69 Å². The van der Waals surface area contributed by atoms with Gasteiger partial charge in [-0.1, -0.05) is 42.5 Å². The van der Waals surface area contributed by atoms with Crippen LogP contribution in [0.25, 0.3) is 0 Å². The Bertz CT molecular complexity index is 870. The Hall–Kier alpha value is -2.86. The summed E-state index contributed by atoms with van der Waals surface area (Å²) in [4.78, 5) is 33.6. The number of amides is 2. The minimum atomic E-state index is -0.351. The standard InChI is InChI=1S/C24H30N4O2/c1-20-6-5-9-22(18-20)26-14-16-28(17-15-26)24(30)23(29)27-12-10-25(11-13-27)19-21-7-3-2-4-8-21/h2-9,18H,10-17,19H2,1H3. The van der Waals surface area contributed by atoms with Gasteiger partial charge in [-0.05, 0) is 30.2 Å². The van der Waals surface area contributed by atoms with Gasteiger partial charge in [-0.15, -0.1) is 0 Å². The van der Waals surface area contributed by atoms with E-state index in [1.54, 1.807) is 9.80 Å². The molecule has 4 rings (SSSR count). The number of hydrogen-bond acceptors (Lipinski definition) is 4. The van der Waals surface area contributed by atoms with E-state index < -0.39 is 0 Å². The van der Waals surface area contributed by atoms with E-state index >= 15 is 0 Å². The minimum absolute atomic E-state index is 0.349. The molecule has 6 nitrogen and oxygen atoms in total. The quantitative estimate of drug-likeness (QED) is 0.732. The van der Waals surface area contributed by atoms with Crippen molar-refractivity contribution in [2.24, 2.45) is 0 Å². The molecular weight excluding hydrogens is 376 g/mol. The highest BCUT2D eigenvalue weighted by molar-refractivity contribution is 6.35. The van der Waals surface area contributed by atoms with Crippen molar-refractivity contribution in [1.82, 2.24) is 14.7 Å². The number of rotatable bonds is 3. The Balaban J connectivity index is 1.25. The Labute approximate surface area is 178 Å². The second-order valence-corrected chi connectivity index (χ2v) is 8.17. The van der Waals surface area contributed by atoms with Crippen LogP contribution in [0.5, 0.6) is 0 Å². The van der Waals surface area contributed by atoms with E-state index in [2.05, 4.69) is 53.1 Å². The predicted molar refractivity (Wildman–Crippen MR) is 118 cm³/mol. The van der Waals surface area contributed by atoms with Gasteiger partial charge in [0, 0.05) is 64.6 Å². The summed E-state index contributed by atoms with van der Waals surface area (Å²) in [6.45, 7) is 8.49. The van der Waals surface area contributed by atoms with Crippen molar-refractivity contribution in [3.05, 3.63) is 65.7 Å². The van der Waals surface area contributed by atoms with Gasteiger partial charge in [-0.25, -0.2) is 0 Å². The third-order valence-corrected chi connectivity index (χ3v) is 6.03. The van der Waals surface area contributed by atoms with Crippen molar-refractivity contribution in [1.29, 1.82) is 0 Å². The molecule has 0 saturated carbocycles. The van der Waals surface area contributed by atoms with E-state index in [1.165, 1.54) is 16.8 Å². The summed E-state index contributed by atoms with van der Waals surface area (Å²) >= 11 is 0. The molecule has 0 aromatic heterocycles. The number of piperazine rings is 2. The van der Waals surface area contributed by atoms with Crippen molar-refractivity contribution in [3.63, 3.8) is 0 Å². The molecule has 2 aromatic carbocycles. The van der Waals surface area contributed by atoms with E-state index in [-0.39, 0.29) is 11.8 Å². The lowest BCUT2D eigenvalue weighted by atomic mass is 10.2. The number of aryl methyl sites for hydroxylation is 1. The zero-order valence-electron chi connectivity index (χ0n) is 17.7. The maximum absolute atomic E-state index is 12.8. The molecular formula is C24H30N4O2. The number of benzene rings is 2. The lowest BCUT2D eigenvalue weighted by Crippen LogP contribution is -2.56. The fourth-order valence-corrected chi connectivity index (χ4v) is 4.21. The molecule has 0 radical (unpaired) electrons. The van der Waals surface area contributed by atoms with Gasteiger partial charge in [0.15, 0.2) is 0 Å². The molecule has 0 aliphatic carbocycles. The third kappa shape index (κ3) is 4.82. The van der Waals surface area contributed by atoms with Crippen LogP contribution < -0.4 is 4.90 Å². The van der Waals surface area contributed by atoms with Gasteiger partial charge >= 0.3 is 11.8 Å². The average molecular weight is 407 g/mol. The van der Waals surface area contributed by atoms with Crippen LogP contribution in [0.1, 0.15) is 11.1 Å². The summed E-state index contributed by atoms with van der Waals surface area (Å²) in [5.41, 5.74) is 3.69. The maximum atomic E-state index is 12.8. The molecule has 2 heterocycles. The molecule has 2 aliphatic heterocycles. The maximum Gasteiger partial charge on any atom is 0.312 e. The van der Waals surface area contributed by atoms with Crippen molar-refractivity contribution in [2.75, 3.05) is 57.3 Å². The van der Waals surface area contributed by atoms with Gasteiger partial charge in [-0.3, -0.25) is 14.5 Å². The molecule has 2 amide bonds. The van der Waals surface area contributed by atoms with E-state index in [9.17, 15) is 9.59 Å². The van der Waals surface area contributed by atoms with Crippen molar-refractivity contribution >= 4 is 17.5 Å². The first-order valence-corrected chi connectivity index (χ1v) is 10.8. The fraction of sp³-hybridized carbons (Fsp3) is 0.417. The predicted octanol–water partition coefficient (Wildman–Crippen LogP) is 1.99. The highest BCUT2D eigenvalue weighted by atomic mass is 16.2. The normalized spacial score (nSPS) is 17.8. The molecule has 0 spiro atoms. The van der Waals surface area contributed by atoms with Crippen molar-refractivity contribution < 1.29 is 9.59 Å². The van der Waals surface area contributed by atoms with Crippen LogP contribution in [0.15, 0.2) is 54.6 Å². The molecule has 2 fully saturated rings. The molecule has 0 N–H and O–H groups in total. The monoisotopic (exact) mass is 406 g/mol. The summed E-state index contributed by atoms with van der Waals surface area (Å²) < 4.78 is 0. The average Bonchev–Trinajstić information content (AvgIpc) is 2.79. The second kappa shape index (κ2) is 9.30. The summed E-state index contributed by atoms with van der Waals surface area (Å²) in [6.07, 6.45) is 0. The van der Waals surface area contributed by atoms with Crippen LogP contribution in [0.3, 0.4) is 0 Å². The molecule has 6 heteroatoms. The molecule has 0 unspecified atom stereocenters. The smallest absolute Gasteiger partial charge is 0.312 e. The summed E-state index contributed by atoms with van der Waals surface area (Å²) in [7, 11) is 0. The van der Waals surface area contributed by atoms with Gasteiger partial charge in [0.2, 0.25) is 0 Å². The lowest BCUT2D eigenvalue weighted by molar-refractivity contribution is -0.153.